The van der Waals surface area contributed by atoms with Gasteiger partial charge in [-0.15, -0.1) is 0 Å². The van der Waals surface area contributed by atoms with Gasteiger partial charge in [0, 0.05) is 22.6 Å². The molecule has 0 saturated heterocycles. The quantitative estimate of drug-likeness (QED) is 0.130. The van der Waals surface area contributed by atoms with Crippen LogP contribution in [0.4, 0.5) is 5.69 Å². The largest absolute Gasteiger partial charge is 0.494 e. The van der Waals surface area contributed by atoms with Crippen LogP contribution in [0.5, 0.6) is 5.75 Å². The summed E-state index contributed by atoms with van der Waals surface area (Å²) < 4.78 is 5.78. The molecule has 2 N–H and O–H groups in total. The van der Waals surface area contributed by atoms with Crippen molar-refractivity contribution in [2.45, 2.75) is 46.0 Å². The number of fused-ring (bicyclic) bond motifs is 1. The first-order chi connectivity index (χ1) is 19.5. The number of hydrazone groups is 1. The summed E-state index contributed by atoms with van der Waals surface area (Å²) in [5, 5.41) is 8.08. The maximum absolute atomic E-state index is 13.3. The Bertz CT molecular complexity index is 1520. The number of benzene rings is 3. The minimum Gasteiger partial charge on any atom is -0.494 e. The molecule has 204 valence electrons. The molecular formula is C33H34N4O3. The fraction of sp³-hybridized carbons (Fsp3) is 0.273. The summed E-state index contributed by atoms with van der Waals surface area (Å²) in [4.78, 5) is 30.3. The Morgan fingerprint density at radius 1 is 1.00 bits per heavy atom. The summed E-state index contributed by atoms with van der Waals surface area (Å²) in [5.74, 6) is 0.710. The lowest BCUT2D eigenvalue weighted by atomic mass is 9.85. The number of anilines is 1. The Kier molecular flexibility index (Phi) is 8.50. The summed E-state index contributed by atoms with van der Waals surface area (Å²) in [6.45, 7) is 4.66. The van der Waals surface area contributed by atoms with E-state index in [-0.39, 0.29) is 17.7 Å². The van der Waals surface area contributed by atoms with E-state index in [1.54, 1.807) is 6.07 Å². The van der Waals surface area contributed by atoms with Crippen molar-refractivity contribution in [1.82, 2.24) is 10.4 Å². The molecule has 1 aromatic heterocycles. The molecule has 40 heavy (non-hydrogen) atoms. The molecule has 2 amide bonds. The monoisotopic (exact) mass is 534 g/mol. The number of amides is 2. The number of rotatable bonds is 10. The molecule has 1 aliphatic rings. The number of pyridine rings is 1. The number of carbonyl (C=O) groups is 2. The zero-order valence-corrected chi connectivity index (χ0v) is 22.9. The van der Waals surface area contributed by atoms with Crippen LogP contribution < -0.4 is 15.5 Å². The Labute approximate surface area is 234 Å². The number of para-hydroxylation sites is 1. The number of unbranched alkanes of at least 4 members (excludes halogenated alkanes) is 1. The molecule has 1 aliphatic carbocycles. The predicted molar refractivity (Wildman–Crippen MR) is 160 cm³/mol. The first-order valence-corrected chi connectivity index (χ1v) is 13.9. The third kappa shape index (κ3) is 6.37. The van der Waals surface area contributed by atoms with Crippen molar-refractivity contribution in [3.63, 3.8) is 0 Å². The van der Waals surface area contributed by atoms with Crippen LogP contribution in [0.25, 0.3) is 22.2 Å². The maximum atomic E-state index is 13.3. The number of nitrogens with zero attached hydrogens (tertiary/aromatic N) is 2. The summed E-state index contributed by atoms with van der Waals surface area (Å²) in [7, 11) is 0. The lowest BCUT2D eigenvalue weighted by Gasteiger charge is -2.24. The van der Waals surface area contributed by atoms with E-state index >= 15 is 0 Å². The first kappa shape index (κ1) is 27.1. The second-order valence-electron chi connectivity index (χ2n) is 10.1. The van der Waals surface area contributed by atoms with E-state index in [1.165, 1.54) is 0 Å². The minimum atomic E-state index is -0.317. The van der Waals surface area contributed by atoms with Gasteiger partial charge < -0.3 is 10.1 Å². The standard InChI is InChI=1S/C33H34N4O3/c1-3-4-20-40-27-18-14-24(15-19-27)31-21-29(28-10-5-6-11-30(28)35-31)33(39)37-36-22(2)23-12-16-26(17-13-23)34-32(38)25-8-7-9-25/h5-6,10-19,21,25H,3-4,7-9,20H2,1-2H3,(H,34,38)(H,37,39)/b36-22-. The Balaban J connectivity index is 1.31. The van der Waals surface area contributed by atoms with E-state index in [2.05, 4.69) is 22.8 Å². The highest BCUT2D eigenvalue weighted by Gasteiger charge is 2.25. The Morgan fingerprint density at radius 3 is 2.45 bits per heavy atom. The van der Waals surface area contributed by atoms with Crippen molar-refractivity contribution in [3.8, 4) is 17.0 Å². The van der Waals surface area contributed by atoms with Crippen LogP contribution >= 0.6 is 0 Å². The number of ether oxygens (including phenoxy) is 1. The molecule has 1 saturated carbocycles. The second-order valence-corrected chi connectivity index (χ2v) is 10.1. The zero-order chi connectivity index (χ0) is 27.9. The normalized spacial score (nSPS) is 13.5. The summed E-state index contributed by atoms with van der Waals surface area (Å²) in [6.07, 6.45) is 5.14. The van der Waals surface area contributed by atoms with Gasteiger partial charge in [0.2, 0.25) is 5.91 Å². The fourth-order valence-corrected chi connectivity index (χ4v) is 4.54. The molecule has 3 aromatic carbocycles. The predicted octanol–water partition coefficient (Wildman–Crippen LogP) is 6.97. The van der Waals surface area contributed by atoms with Gasteiger partial charge >= 0.3 is 0 Å². The molecule has 0 aliphatic heterocycles. The van der Waals surface area contributed by atoms with Crippen LogP contribution in [0.2, 0.25) is 0 Å². The van der Waals surface area contributed by atoms with Crippen LogP contribution in [0, 0.1) is 5.92 Å². The van der Waals surface area contributed by atoms with E-state index in [4.69, 9.17) is 9.72 Å². The number of hydrogen-bond acceptors (Lipinski definition) is 5. The number of aromatic nitrogens is 1. The van der Waals surface area contributed by atoms with Crippen molar-refractivity contribution in [3.05, 3.63) is 90.0 Å². The minimum absolute atomic E-state index is 0.0804. The lowest BCUT2D eigenvalue weighted by Crippen LogP contribution is -2.28. The molecule has 0 spiro atoms. The third-order valence-electron chi connectivity index (χ3n) is 7.25. The highest BCUT2D eigenvalue weighted by atomic mass is 16.5. The molecule has 0 bridgehead atoms. The second kappa shape index (κ2) is 12.6. The van der Waals surface area contributed by atoms with Crippen LogP contribution in [0.1, 0.15) is 61.9 Å². The third-order valence-corrected chi connectivity index (χ3v) is 7.25. The number of carbonyl (C=O) groups excluding carboxylic acids is 2. The maximum Gasteiger partial charge on any atom is 0.272 e. The van der Waals surface area contributed by atoms with E-state index < -0.39 is 0 Å². The topological polar surface area (TPSA) is 92.7 Å². The summed E-state index contributed by atoms with van der Waals surface area (Å²) in [6, 6.07) is 24.7. The zero-order valence-electron chi connectivity index (χ0n) is 22.9. The average Bonchev–Trinajstić information content (AvgIpc) is 2.95. The molecule has 4 aromatic rings. The van der Waals surface area contributed by atoms with Crippen LogP contribution in [0.3, 0.4) is 0 Å². The highest BCUT2D eigenvalue weighted by molar-refractivity contribution is 6.08. The van der Waals surface area contributed by atoms with E-state index in [0.717, 1.165) is 65.6 Å². The molecule has 0 radical (unpaired) electrons. The van der Waals surface area contributed by atoms with Gasteiger partial charge in [-0.1, -0.05) is 50.1 Å². The summed E-state index contributed by atoms with van der Waals surface area (Å²) >= 11 is 0. The molecule has 5 rings (SSSR count). The highest BCUT2D eigenvalue weighted by Crippen LogP contribution is 2.28. The van der Waals surface area contributed by atoms with Crippen LogP contribution in [-0.2, 0) is 4.79 Å². The van der Waals surface area contributed by atoms with Gasteiger partial charge in [0.25, 0.3) is 5.91 Å². The average molecular weight is 535 g/mol. The molecule has 0 atom stereocenters. The summed E-state index contributed by atoms with van der Waals surface area (Å²) in [5.41, 5.74) is 7.80. The number of nitrogens with one attached hydrogen (secondary N) is 2. The number of hydrogen-bond donors (Lipinski definition) is 2. The van der Waals surface area contributed by atoms with Gasteiger partial charge in [-0.2, -0.15) is 5.10 Å². The van der Waals surface area contributed by atoms with E-state index in [1.807, 2.05) is 79.7 Å². The van der Waals surface area contributed by atoms with Crippen molar-refractivity contribution < 1.29 is 14.3 Å². The fourth-order valence-electron chi connectivity index (χ4n) is 4.54. The van der Waals surface area contributed by atoms with Crippen molar-refractivity contribution in [2.75, 3.05) is 11.9 Å². The van der Waals surface area contributed by atoms with Gasteiger partial charge in [-0.05, 0) is 80.3 Å². The van der Waals surface area contributed by atoms with Crippen molar-refractivity contribution in [1.29, 1.82) is 0 Å². The van der Waals surface area contributed by atoms with Crippen LogP contribution in [0.15, 0.2) is 84.0 Å². The van der Waals surface area contributed by atoms with Gasteiger partial charge in [0.1, 0.15) is 5.75 Å². The smallest absolute Gasteiger partial charge is 0.272 e. The first-order valence-electron chi connectivity index (χ1n) is 13.9. The lowest BCUT2D eigenvalue weighted by molar-refractivity contribution is -0.122. The van der Waals surface area contributed by atoms with Crippen molar-refractivity contribution in [2.24, 2.45) is 11.0 Å². The molecule has 1 heterocycles. The van der Waals surface area contributed by atoms with E-state index in [0.29, 0.717) is 23.6 Å². The van der Waals surface area contributed by atoms with Gasteiger partial charge in [0.05, 0.1) is 29.1 Å². The molecular weight excluding hydrogens is 500 g/mol. The molecule has 1 fully saturated rings. The molecule has 7 nitrogen and oxygen atoms in total. The molecule has 7 heteroatoms. The van der Waals surface area contributed by atoms with Crippen LogP contribution in [-0.4, -0.2) is 29.1 Å². The SMILES string of the molecule is CCCCOc1ccc(-c2cc(C(=O)N/N=C(/C)c3ccc(NC(=O)C4CCC4)cc3)c3ccccc3n2)cc1. The van der Waals surface area contributed by atoms with Gasteiger partial charge in [0.15, 0.2) is 0 Å². The van der Waals surface area contributed by atoms with Crippen molar-refractivity contribution >= 4 is 34.1 Å². The van der Waals surface area contributed by atoms with E-state index in [9.17, 15) is 9.59 Å². The Hall–Kier alpha value is -4.52. The molecule has 0 unspecified atom stereocenters. The van der Waals surface area contributed by atoms with Gasteiger partial charge in [-0.25, -0.2) is 10.4 Å². The Morgan fingerprint density at radius 2 is 1.75 bits per heavy atom. The van der Waals surface area contributed by atoms with Gasteiger partial charge in [-0.3, -0.25) is 9.59 Å².